The Bertz CT molecular complexity index is 919. The third-order valence-corrected chi connectivity index (χ3v) is 7.14. The molecule has 27 heavy (non-hydrogen) atoms. The summed E-state index contributed by atoms with van der Waals surface area (Å²) in [7, 11) is -2.87. The maximum Gasteiger partial charge on any atom is 0.349 e. The van der Waals surface area contributed by atoms with E-state index >= 15 is 0 Å². The average Bonchev–Trinajstić information content (AvgIpc) is 3.14. The number of rotatable bonds is 7. The minimum absolute atomic E-state index is 0.0120. The molecular formula is C18H22N2O5S2. The van der Waals surface area contributed by atoms with Crippen molar-refractivity contribution >= 4 is 38.9 Å². The second kappa shape index (κ2) is 8.64. The van der Waals surface area contributed by atoms with Crippen molar-refractivity contribution in [1.29, 1.82) is 0 Å². The Morgan fingerprint density at radius 1 is 1.22 bits per heavy atom. The van der Waals surface area contributed by atoms with Crippen molar-refractivity contribution < 1.29 is 22.7 Å². The van der Waals surface area contributed by atoms with Crippen molar-refractivity contribution in [3.8, 4) is 0 Å². The molecule has 146 valence electrons. The molecule has 1 heterocycles. The first-order valence-corrected chi connectivity index (χ1v) is 10.6. The summed E-state index contributed by atoms with van der Waals surface area (Å²) in [6.07, 6.45) is 0. The number of methoxy groups -OCH3 is 1. The lowest BCUT2D eigenvalue weighted by atomic mass is 10.2. The highest BCUT2D eigenvalue weighted by Crippen LogP contribution is 2.27. The number of carbonyl (C=O) groups excluding carboxylic acids is 2. The number of benzene rings is 1. The number of esters is 1. The minimum Gasteiger partial charge on any atom is -0.465 e. The summed E-state index contributed by atoms with van der Waals surface area (Å²) in [5.41, 5.74) is 1.63. The Balaban J connectivity index is 2.28. The molecule has 2 rings (SSSR count). The monoisotopic (exact) mass is 410 g/mol. The van der Waals surface area contributed by atoms with Crippen LogP contribution in [0.4, 0.5) is 5.69 Å². The predicted octanol–water partition coefficient (Wildman–Crippen LogP) is 2.88. The fourth-order valence-electron chi connectivity index (χ4n) is 2.53. The van der Waals surface area contributed by atoms with Crippen LogP contribution in [0.1, 0.15) is 29.1 Å². The van der Waals surface area contributed by atoms with Crippen LogP contribution in [0, 0.1) is 6.92 Å². The Kier molecular flexibility index (Phi) is 6.74. The Morgan fingerprint density at radius 3 is 2.41 bits per heavy atom. The van der Waals surface area contributed by atoms with Gasteiger partial charge < -0.3 is 10.1 Å². The summed E-state index contributed by atoms with van der Waals surface area (Å²) in [6.45, 7) is 5.15. The molecular weight excluding hydrogens is 388 g/mol. The molecule has 1 aromatic heterocycles. The van der Waals surface area contributed by atoms with Gasteiger partial charge in [0.2, 0.25) is 15.9 Å². The largest absolute Gasteiger partial charge is 0.465 e. The van der Waals surface area contributed by atoms with Crippen LogP contribution in [0.5, 0.6) is 0 Å². The van der Waals surface area contributed by atoms with Gasteiger partial charge in [0.15, 0.2) is 0 Å². The molecule has 1 aromatic carbocycles. The van der Waals surface area contributed by atoms with Crippen LogP contribution in [0.3, 0.4) is 0 Å². The van der Waals surface area contributed by atoms with Gasteiger partial charge in [0, 0.05) is 12.2 Å². The van der Waals surface area contributed by atoms with Gasteiger partial charge >= 0.3 is 5.97 Å². The van der Waals surface area contributed by atoms with Crippen molar-refractivity contribution in [2.45, 2.75) is 31.7 Å². The molecule has 0 aliphatic carbocycles. The third kappa shape index (κ3) is 4.55. The SMILES string of the molecule is CCN([C@H](C)C(=O)Nc1ccc(C)cc1)S(=O)(=O)c1ccsc1C(=O)OC. The number of nitrogens with one attached hydrogen (secondary N) is 1. The number of nitrogens with zero attached hydrogens (tertiary/aromatic N) is 1. The number of hydrogen-bond acceptors (Lipinski definition) is 6. The van der Waals surface area contributed by atoms with Crippen molar-refractivity contribution in [2.24, 2.45) is 0 Å². The second-order valence-electron chi connectivity index (χ2n) is 5.85. The fraction of sp³-hybridized carbons (Fsp3) is 0.333. The molecule has 0 bridgehead atoms. The zero-order valence-corrected chi connectivity index (χ0v) is 17.2. The number of likely N-dealkylation sites (N-methyl/N-ethyl adjacent to an activating group) is 1. The minimum atomic E-state index is -4.05. The average molecular weight is 411 g/mol. The molecule has 9 heteroatoms. The van der Waals surface area contributed by atoms with Crippen LogP contribution >= 0.6 is 11.3 Å². The highest BCUT2D eigenvalue weighted by Gasteiger charge is 2.35. The topological polar surface area (TPSA) is 92.8 Å². The first-order chi connectivity index (χ1) is 12.7. The summed E-state index contributed by atoms with van der Waals surface area (Å²) in [5, 5.41) is 4.22. The van der Waals surface area contributed by atoms with Gasteiger partial charge in [-0.15, -0.1) is 11.3 Å². The van der Waals surface area contributed by atoms with Gasteiger partial charge in [-0.2, -0.15) is 4.31 Å². The van der Waals surface area contributed by atoms with Crippen LogP contribution in [-0.4, -0.2) is 44.3 Å². The van der Waals surface area contributed by atoms with E-state index in [4.69, 9.17) is 0 Å². The van der Waals surface area contributed by atoms with Crippen molar-refractivity contribution in [3.05, 3.63) is 46.2 Å². The second-order valence-corrected chi connectivity index (χ2v) is 8.62. The van der Waals surface area contributed by atoms with E-state index in [0.717, 1.165) is 21.2 Å². The number of aryl methyl sites for hydroxylation is 1. The molecule has 0 saturated carbocycles. The number of carbonyl (C=O) groups is 2. The maximum atomic E-state index is 13.1. The first kappa shape index (κ1) is 21.1. The van der Waals surface area contributed by atoms with Crippen molar-refractivity contribution in [2.75, 3.05) is 19.0 Å². The molecule has 0 aliphatic rings. The van der Waals surface area contributed by atoms with Gasteiger partial charge in [0.25, 0.3) is 0 Å². The molecule has 1 amide bonds. The van der Waals surface area contributed by atoms with E-state index in [1.807, 2.05) is 19.1 Å². The Morgan fingerprint density at radius 2 is 1.85 bits per heavy atom. The van der Waals surface area contributed by atoms with Crippen LogP contribution < -0.4 is 5.32 Å². The van der Waals surface area contributed by atoms with E-state index in [1.54, 1.807) is 19.1 Å². The van der Waals surface area contributed by atoms with E-state index in [-0.39, 0.29) is 16.3 Å². The van der Waals surface area contributed by atoms with Gasteiger partial charge in [0.05, 0.1) is 7.11 Å². The third-order valence-electron chi connectivity index (χ3n) is 4.03. The first-order valence-electron chi connectivity index (χ1n) is 8.27. The standard InChI is InChI=1S/C18H22N2O5S2/c1-5-20(13(3)17(21)19-14-8-6-12(2)7-9-14)27(23,24)15-10-11-26-16(15)18(22)25-4/h6-11,13H,5H2,1-4H3,(H,19,21)/t13-/m1/s1. The molecule has 1 atom stereocenters. The number of thiophene rings is 1. The lowest BCUT2D eigenvalue weighted by Crippen LogP contribution is -2.45. The number of anilines is 1. The summed E-state index contributed by atoms with van der Waals surface area (Å²) >= 11 is 0.980. The number of sulfonamides is 1. The summed E-state index contributed by atoms with van der Waals surface area (Å²) in [6, 6.07) is 7.58. The normalized spacial score (nSPS) is 12.6. The Hall–Kier alpha value is -2.23. The van der Waals surface area contributed by atoms with Crippen LogP contribution in [0.2, 0.25) is 0 Å². The summed E-state index contributed by atoms with van der Waals surface area (Å²) < 4.78 is 31.8. The number of ether oxygens (including phenoxy) is 1. The molecule has 2 aromatic rings. The molecule has 0 unspecified atom stereocenters. The van der Waals surface area contributed by atoms with Crippen molar-refractivity contribution in [1.82, 2.24) is 4.31 Å². The molecule has 7 nitrogen and oxygen atoms in total. The van der Waals surface area contributed by atoms with Crippen LogP contribution in [-0.2, 0) is 19.6 Å². The van der Waals surface area contributed by atoms with E-state index in [0.29, 0.717) is 5.69 Å². The number of amides is 1. The van der Waals surface area contributed by atoms with Gasteiger partial charge in [-0.05, 0) is 37.4 Å². The molecule has 0 aliphatic heterocycles. The lowest BCUT2D eigenvalue weighted by Gasteiger charge is -2.26. The maximum absolute atomic E-state index is 13.1. The molecule has 0 saturated heterocycles. The zero-order chi connectivity index (χ0) is 20.2. The summed E-state index contributed by atoms with van der Waals surface area (Å²) in [5.74, 6) is -1.18. The zero-order valence-electron chi connectivity index (χ0n) is 15.6. The van der Waals surface area contributed by atoms with E-state index in [1.165, 1.54) is 25.5 Å². The van der Waals surface area contributed by atoms with E-state index in [2.05, 4.69) is 10.1 Å². The van der Waals surface area contributed by atoms with Crippen LogP contribution in [0.15, 0.2) is 40.6 Å². The van der Waals surface area contributed by atoms with Gasteiger partial charge in [-0.3, -0.25) is 4.79 Å². The van der Waals surface area contributed by atoms with Gasteiger partial charge in [-0.1, -0.05) is 24.6 Å². The predicted molar refractivity (Wildman–Crippen MR) is 104 cm³/mol. The fourth-order valence-corrected chi connectivity index (χ4v) is 5.45. The van der Waals surface area contributed by atoms with Crippen molar-refractivity contribution in [3.63, 3.8) is 0 Å². The van der Waals surface area contributed by atoms with Crippen LogP contribution in [0.25, 0.3) is 0 Å². The molecule has 1 N–H and O–H groups in total. The lowest BCUT2D eigenvalue weighted by molar-refractivity contribution is -0.119. The molecule has 0 spiro atoms. The summed E-state index contributed by atoms with van der Waals surface area (Å²) in [4.78, 5) is 24.3. The Labute approximate surface area is 163 Å². The highest BCUT2D eigenvalue weighted by molar-refractivity contribution is 7.89. The quantitative estimate of drug-likeness (QED) is 0.709. The highest BCUT2D eigenvalue weighted by atomic mass is 32.2. The van der Waals surface area contributed by atoms with E-state index < -0.39 is 27.9 Å². The molecule has 0 fully saturated rings. The molecule has 0 radical (unpaired) electrons. The van der Waals surface area contributed by atoms with Gasteiger partial charge in [-0.25, -0.2) is 13.2 Å². The number of hydrogen-bond donors (Lipinski definition) is 1. The van der Waals surface area contributed by atoms with E-state index in [9.17, 15) is 18.0 Å². The smallest absolute Gasteiger partial charge is 0.349 e. The van der Waals surface area contributed by atoms with Gasteiger partial charge in [0.1, 0.15) is 15.8 Å².